The average Bonchev–Trinajstić information content (AvgIpc) is 2.74. The lowest BCUT2D eigenvalue weighted by Gasteiger charge is -2.40. The van der Waals surface area contributed by atoms with E-state index in [0.29, 0.717) is 0 Å². The van der Waals surface area contributed by atoms with Crippen molar-refractivity contribution in [2.24, 2.45) is 5.41 Å². The highest BCUT2D eigenvalue weighted by Crippen LogP contribution is 2.38. The van der Waals surface area contributed by atoms with E-state index in [-0.39, 0.29) is 5.41 Å². The number of pyridine rings is 1. The molecule has 3 aromatic rings. The second-order valence-electron chi connectivity index (χ2n) is 7.91. The highest BCUT2D eigenvalue weighted by Gasteiger charge is 2.32. The first-order valence-corrected chi connectivity index (χ1v) is 9.86. The van der Waals surface area contributed by atoms with Crippen molar-refractivity contribution in [3.63, 3.8) is 0 Å². The van der Waals surface area contributed by atoms with Gasteiger partial charge < -0.3 is 10.2 Å². The van der Waals surface area contributed by atoms with E-state index < -0.39 is 0 Å². The molecule has 5 heteroatoms. The summed E-state index contributed by atoms with van der Waals surface area (Å²) in [6.07, 6.45) is 11.6. The molecule has 1 fully saturated rings. The van der Waals surface area contributed by atoms with Gasteiger partial charge in [-0.1, -0.05) is 25.1 Å². The van der Waals surface area contributed by atoms with E-state index in [1.54, 1.807) is 18.6 Å². The maximum atomic E-state index is 4.65. The van der Waals surface area contributed by atoms with E-state index in [2.05, 4.69) is 76.4 Å². The van der Waals surface area contributed by atoms with Gasteiger partial charge in [0.05, 0.1) is 11.9 Å². The van der Waals surface area contributed by atoms with Gasteiger partial charge in [0, 0.05) is 40.7 Å². The normalized spacial score (nSPS) is 17.6. The molecule has 0 atom stereocenters. The topological polar surface area (TPSA) is 53.9 Å². The molecule has 144 valence electrons. The first kappa shape index (κ1) is 18.6. The molecule has 1 aromatic carbocycles. The van der Waals surface area contributed by atoms with Crippen LogP contribution < -0.4 is 5.32 Å². The second-order valence-corrected chi connectivity index (χ2v) is 7.91. The lowest BCUT2D eigenvalue weighted by molar-refractivity contribution is 0.171. The van der Waals surface area contributed by atoms with Crippen molar-refractivity contribution in [1.82, 2.24) is 19.9 Å². The molecule has 1 N–H and O–H groups in total. The number of fused-ring (bicyclic) bond motifs is 1. The van der Waals surface area contributed by atoms with Crippen LogP contribution in [-0.2, 0) is 0 Å². The van der Waals surface area contributed by atoms with Gasteiger partial charge in [0.25, 0.3) is 0 Å². The number of rotatable bonds is 4. The summed E-state index contributed by atoms with van der Waals surface area (Å²) in [7, 11) is 2.20. The summed E-state index contributed by atoms with van der Waals surface area (Å²) in [4.78, 5) is 15.6. The first-order valence-electron chi connectivity index (χ1n) is 9.86. The third kappa shape index (κ3) is 3.76. The van der Waals surface area contributed by atoms with Crippen LogP contribution in [0.15, 0.2) is 60.8 Å². The summed E-state index contributed by atoms with van der Waals surface area (Å²) in [5, 5.41) is 5.87. The van der Waals surface area contributed by atoms with E-state index in [4.69, 9.17) is 0 Å². The quantitative estimate of drug-likeness (QED) is 0.716. The zero-order valence-electron chi connectivity index (χ0n) is 16.8. The molecule has 0 unspecified atom stereocenters. The van der Waals surface area contributed by atoms with Crippen molar-refractivity contribution in [2.45, 2.75) is 26.7 Å². The first-order chi connectivity index (χ1) is 13.6. The molecule has 5 nitrogen and oxygen atoms in total. The molecular formula is C23H27N5. The van der Waals surface area contributed by atoms with Crippen LogP contribution in [0.25, 0.3) is 22.0 Å². The molecule has 28 heavy (non-hydrogen) atoms. The summed E-state index contributed by atoms with van der Waals surface area (Å²) < 4.78 is 0. The second kappa shape index (κ2) is 7.68. The molecule has 3 heterocycles. The van der Waals surface area contributed by atoms with Crippen molar-refractivity contribution >= 4 is 16.6 Å². The van der Waals surface area contributed by atoms with Gasteiger partial charge in [-0.2, -0.15) is 0 Å². The Labute approximate surface area is 166 Å². The van der Waals surface area contributed by atoms with Gasteiger partial charge in [0.15, 0.2) is 0 Å². The zero-order valence-corrected chi connectivity index (χ0v) is 16.8. The Morgan fingerprint density at radius 2 is 1.89 bits per heavy atom. The smallest absolute Gasteiger partial charge is 0.130 e. The molecule has 4 rings (SSSR count). The summed E-state index contributed by atoms with van der Waals surface area (Å²) in [5.74, 6) is 0.886. The molecule has 0 bridgehead atoms. The Kier molecular flexibility index (Phi) is 5.09. The molecule has 1 aliphatic rings. The number of hydrogen-bond acceptors (Lipinski definition) is 5. The number of nitrogens with zero attached hydrogens (tertiary/aromatic N) is 4. The van der Waals surface area contributed by atoms with E-state index in [1.807, 2.05) is 6.20 Å². The van der Waals surface area contributed by atoms with Crippen LogP contribution in [0, 0.1) is 5.41 Å². The summed E-state index contributed by atoms with van der Waals surface area (Å²) in [6.45, 7) is 6.72. The molecular weight excluding hydrogens is 346 g/mol. The maximum Gasteiger partial charge on any atom is 0.130 e. The van der Waals surface area contributed by atoms with Crippen LogP contribution in [0.5, 0.6) is 0 Å². The van der Waals surface area contributed by atoms with E-state index >= 15 is 0 Å². The fraction of sp³-hybridized carbons (Fsp3) is 0.348. The Balaban J connectivity index is 1.61. The van der Waals surface area contributed by atoms with Gasteiger partial charge in [-0.25, -0.2) is 4.98 Å². The molecule has 0 aliphatic carbocycles. The average molecular weight is 374 g/mol. The van der Waals surface area contributed by atoms with Crippen LogP contribution in [-0.4, -0.2) is 40.0 Å². The Hall–Kier alpha value is -2.79. The SMILES string of the molecule is C/C=C(/Nc1cc2cc(-c3cnccn3)ccc2cn1)C1(C)CCN(C)CC1. The highest BCUT2D eigenvalue weighted by molar-refractivity contribution is 5.88. The van der Waals surface area contributed by atoms with Crippen molar-refractivity contribution in [2.75, 3.05) is 25.5 Å². The third-order valence-electron chi connectivity index (χ3n) is 5.87. The van der Waals surface area contributed by atoms with E-state index in [9.17, 15) is 0 Å². The van der Waals surface area contributed by atoms with Crippen LogP contribution in [0.1, 0.15) is 26.7 Å². The summed E-state index contributed by atoms with van der Waals surface area (Å²) in [5.41, 5.74) is 3.37. The molecule has 0 saturated carbocycles. The van der Waals surface area contributed by atoms with Crippen molar-refractivity contribution < 1.29 is 0 Å². The summed E-state index contributed by atoms with van der Waals surface area (Å²) >= 11 is 0. The van der Waals surface area contributed by atoms with Crippen LogP contribution >= 0.6 is 0 Å². The predicted molar refractivity (Wildman–Crippen MR) is 115 cm³/mol. The number of likely N-dealkylation sites (tertiary alicyclic amines) is 1. The molecule has 0 radical (unpaired) electrons. The van der Waals surface area contributed by atoms with E-state index in [1.165, 1.54) is 5.70 Å². The van der Waals surface area contributed by atoms with Crippen molar-refractivity contribution in [1.29, 1.82) is 0 Å². The Morgan fingerprint density at radius 1 is 1.07 bits per heavy atom. The van der Waals surface area contributed by atoms with Crippen LogP contribution in [0.4, 0.5) is 5.82 Å². The number of aromatic nitrogens is 3. The predicted octanol–water partition coefficient (Wildman–Crippen LogP) is 4.74. The standard InChI is InChI=1S/C23H27N5/c1-4-21(23(2)7-11-28(3)12-8-23)27-22-14-19-13-17(5-6-18(19)15-26-22)20-16-24-9-10-25-20/h4-6,9-10,13-16H,7-8,11-12H2,1-3H3,(H,26,27)/b21-4+. The number of piperidine rings is 1. The zero-order chi connectivity index (χ0) is 19.6. The number of allylic oxidation sites excluding steroid dienone is 2. The fourth-order valence-corrected chi connectivity index (χ4v) is 3.91. The minimum atomic E-state index is 0.166. The van der Waals surface area contributed by atoms with Crippen LogP contribution in [0.3, 0.4) is 0 Å². The summed E-state index contributed by atoms with van der Waals surface area (Å²) in [6, 6.07) is 8.43. The van der Waals surface area contributed by atoms with Gasteiger partial charge in [0.2, 0.25) is 0 Å². The lowest BCUT2D eigenvalue weighted by Crippen LogP contribution is -2.38. The highest BCUT2D eigenvalue weighted by atomic mass is 15.1. The molecule has 2 aromatic heterocycles. The number of nitrogens with one attached hydrogen (secondary N) is 1. The molecule has 1 aliphatic heterocycles. The van der Waals surface area contributed by atoms with E-state index in [0.717, 1.165) is 53.8 Å². The molecule has 0 amide bonds. The van der Waals surface area contributed by atoms with Gasteiger partial charge in [-0.15, -0.1) is 0 Å². The Morgan fingerprint density at radius 3 is 2.61 bits per heavy atom. The van der Waals surface area contributed by atoms with Gasteiger partial charge in [-0.05, 0) is 57.4 Å². The molecule has 0 spiro atoms. The lowest BCUT2D eigenvalue weighted by atomic mass is 9.77. The van der Waals surface area contributed by atoms with Gasteiger partial charge in [-0.3, -0.25) is 9.97 Å². The molecule has 1 saturated heterocycles. The Bertz CT molecular complexity index is 988. The monoisotopic (exact) mass is 373 g/mol. The number of anilines is 1. The minimum absolute atomic E-state index is 0.166. The van der Waals surface area contributed by atoms with Gasteiger partial charge in [0.1, 0.15) is 5.82 Å². The number of benzene rings is 1. The largest absolute Gasteiger partial charge is 0.344 e. The van der Waals surface area contributed by atoms with Gasteiger partial charge >= 0.3 is 0 Å². The maximum absolute atomic E-state index is 4.65. The fourth-order valence-electron chi connectivity index (χ4n) is 3.91. The van der Waals surface area contributed by atoms with Crippen LogP contribution in [0.2, 0.25) is 0 Å². The van der Waals surface area contributed by atoms with Crippen molar-refractivity contribution in [3.05, 3.63) is 60.8 Å². The minimum Gasteiger partial charge on any atom is -0.344 e. The van der Waals surface area contributed by atoms with Crippen molar-refractivity contribution in [3.8, 4) is 11.3 Å². The number of hydrogen-bond donors (Lipinski definition) is 1. The third-order valence-corrected chi connectivity index (χ3v) is 5.87.